The molecule has 2 aliphatic carbocycles. The van der Waals surface area contributed by atoms with E-state index in [0.717, 1.165) is 55.9 Å². The zero-order chi connectivity index (χ0) is 29.1. The second-order valence-corrected chi connectivity index (χ2v) is 15.5. The Morgan fingerprint density at radius 2 is 1.95 bits per heavy atom. The van der Waals surface area contributed by atoms with Gasteiger partial charge in [-0.05, 0) is 105 Å². The van der Waals surface area contributed by atoms with Gasteiger partial charge in [0, 0.05) is 42.1 Å². The molecule has 0 radical (unpaired) electrons. The van der Waals surface area contributed by atoms with E-state index < -0.39 is 21.5 Å². The number of halogens is 1. The summed E-state index contributed by atoms with van der Waals surface area (Å²) in [6.45, 7) is 2.47. The van der Waals surface area contributed by atoms with Crippen LogP contribution in [0.15, 0.2) is 36.4 Å². The van der Waals surface area contributed by atoms with Gasteiger partial charge in [-0.25, -0.2) is 13.1 Å². The molecule has 1 saturated carbocycles. The summed E-state index contributed by atoms with van der Waals surface area (Å²) in [7, 11) is -3.87. The number of fused-ring (bicyclic) bond motifs is 7. The Kier molecular flexibility index (Phi) is 7.23. The fourth-order valence-corrected chi connectivity index (χ4v) is 9.35. The number of sulfonamides is 1. The Morgan fingerprint density at radius 1 is 1.07 bits per heavy atom. The topological polar surface area (TPSA) is 105 Å². The first-order chi connectivity index (χ1) is 20.1. The number of nitrogens with one attached hydrogen (secondary N) is 1. The van der Waals surface area contributed by atoms with Gasteiger partial charge in [-0.3, -0.25) is 4.79 Å². The Bertz CT molecular complexity index is 1500. The van der Waals surface area contributed by atoms with Gasteiger partial charge in [-0.1, -0.05) is 17.7 Å². The fraction of sp³-hybridized carbons (Fsp3) is 0.594. The summed E-state index contributed by atoms with van der Waals surface area (Å²) in [5.41, 5.74) is 2.44. The zero-order valence-corrected chi connectivity index (χ0v) is 25.4. The summed E-state index contributed by atoms with van der Waals surface area (Å²) in [5, 5.41) is 12.2. The van der Waals surface area contributed by atoms with Gasteiger partial charge in [0.1, 0.15) is 5.75 Å². The predicted octanol–water partition coefficient (Wildman–Crippen LogP) is 4.60. The third-order valence-electron chi connectivity index (χ3n) is 10.5. The SMILES string of the molecule is O=C1NS(=O)(=O)CCC[C@@]2(O)CCO[C@@H](C2)[C@@H]2CC[C@H]2CN2C[C@@]3(CCCc4cc(Cl)ccc43)COc3ccc1cc32. The third kappa shape index (κ3) is 5.31. The van der Waals surface area contributed by atoms with Crippen molar-refractivity contribution in [2.45, 2.75) is 74.9 Å². The second kappa shape index (κ2) is 10.7. The summed E-state index contributed by atoms with van der Waals surface area (Å²) >= 11 is 6.40. The van der Waals surface area contributed by atoms with Crippen molar-refractivity contribution in [3.8, 4) is 5.75 Å². The van der Waals surface area contributed by atoms with Gasteiger partial charge >= 0.3 is 0 Å². The number of anilines is 1. The molecule has 3 heterocycles. The molecule has 5 aliphatic rings. The molecule has 0 unspecified atom stereocenters. The molecule has 8 nitrogen and oxygen atoms in total. The zero-order valence-electron chi connectivity index (χ0n) is 23.8. The van der Waals surface area contributed by atoms with E-state index in [4.69, 9.17) is 21.1 Å². The number of aliphatic hydroxyl groups is 1. The number of benzene rings is 2. The Labute approximate surface area is 252 Å². The smallest absolute Gasteiger partial charge is 0.264 e. The van der Waals surface area contributed by atoms with Gasteiger partial charge in [-0.15, -0.1) is 0 Å². The van der Waals surface area contributed by atoms with Crippen molar-refractivity contribution in [1.82, 2.24) is 4.72 Å². The molecule has 3 aliphatic heterocycles. The highest BCUT2D eigenvalue weighted by atomic mass is 35.5. The number of ether oxygens (including phenoxy) is 2. The van der Waals surface area contributed by atoms with Crippen molar-refractivity contribution < 1.29 is 27.8 Å². The van der Waals surface area contributed by atoms with Crippen LogP contribution >= 0.6 is 11.6 Å². The van der Waals surface area contributed by atoms with Gasteiger partial charge in [0.15, 0.2) is 0 Å². The van der Waals surface area contributed by atoms with Crippen molar-refractivity contribution in [3.05, 3.63) is 58.1 Å². The lowest BCUT2D eigenvalue weighted by Crippen LogP contribution is -2.52. The summed E-state index contributed by atoms with van der Waals surface area (Å²) in [6, 6.07) is 11.4. The second-order valence-electron chi connectivity index (χ2n) is 13.2. The molecule has 7 rings (SSSR count). The minimum Gasteiger partial charge on any atom is -0.490 e. The van der Waals surface area contributed by atoms with Crippen LogP contribution in [0.5, 0.6) is 5.75 Å². The van der Waals surface area contributed by atoms with Crippen molar-refractivity contribution in [3.63, 3.8) is 0 Å². The molecule has 42 heavy (non-hydrogen) atoms. The van der Waals surface area contributed by atoms with Crippen molar-refractivity contribution >= 4 is 33.2 Å². The summed E-state index contributed by atoms with van der Waals surface area (Å²) < 4.78 is 40.8. The number of nitrogens with zero attached hydrogens (tertiary/aromatic N) is 1. The number of hydrogen-bond acceptors (Lipinski definition) is 7. The number of amides is 1. The van der Waals surface area contributed by atoms with Gasteiger partial charge in [0.2, 0.25) is 10.0 Å². The van der Waals surface area contributed by atoms with Gasteiger partial charge in [0.05, 0.1) is 29.8 Å². The van der Waals surface area contributed by atoms with Crippen molar-refractivity contribution in [2.24, 2.45) is 11.8 Å². The molecule has 1 spiro atoms. The molecule has 226 valence electrons. The summed E-state index contributed by atoms with van der Waals surface area (Å²) in [6.07, 6.45) is 6.73. The monoisotopic (exact) mass is 614 g/mol. The van der Waals surface area contributed by atoms with Gasteiger partial charge in [-0.2, -0.15) is 0 Å². The van der Waals surface area contributed by atoms with Crippen LogP contribution in [0.2, 0.25) is 5.02 Å². The maximum atomic E-state index is 13.2. The van der Waals surface area contributed by atoms with E-state index in [0.29, 0.717) is 50.1 Å². The summed E-state index contributed by atoms with van der Waals surface area (Å²) in [4.78, 5) is 15.6. The highest BCUT2D eigenvalue weighted by Crippen LogP contribution is 2.48. The Hall–Kier alpha value is -2.33. The minimum absolute atomic E-state index is 0.0488. The molecular weight excluding hydrogens is 576 g/mol. The number of rotatable bonds is 0. The maximum absolute atomic E-state index is 13.2. The molecule has 2 N–H and O–H groups in total. The molecule has 1 amide bonds. The van der Waals surface area contributed by atoms with Crippen LogP contribution in [-0.4, -0.2) is 63.2 Å². The molecule has 2 aromatic rings. The molecule has 1 saturated heterocycles. The first-order valence-corrected chi connectivity index (χ1v) is 17.3. The molecule has 2 aromatic carbocycles. The number of hydrogen-bond donors (Lipinski definition) is 2. The first-order valence-electron chi connectivity index (χ1n) is 15.3. The van der Waals surface area contributed by atoms with Gasteiger partial charge in [0.25, 0.3) is 5.91 Å². The van der Waals surface area contributed by atoms with Crippen molar-refractivity contribution in [1.29, 1.82) is 0 Å². The van der Waals surface area contributed by atoms with E-state index in [1.165, 1.54) is 11.1 Å². The lowest BCUT2D eigenvalue weighted by molar-refractivity contribution is -0.144. The van der Waals surface area contributed by atoms with Gasteiger partial charge < -0.3 is 19.5 Å². The molecule has 2 fully saturated rings. The van der Waals surface area contributed by atoms with Crippen LogP contribution in [0.3, 0.4) is 0 Å². The largest absolute Gasteiger partial charge is 0.490 e. The standard InChI is InChI=1S/C32H39ClN2O6S/c33-24-6-8-26-21(15-24)3-1-10-31(26)19-35-18-23-4-7-25(23)29-17-32(37,12-13-40-29)11-2-14-42(38,39)34-30(36)22-5-9-28(41-20-31)27(35)16-22/h5-6,8-9,15-16,23,25,29,37H,1-4,7,10-14,17-20H2,(H,34,36)/t23-,25+,29-,31-,32+/m0/s1. The lowest BCUT2D eigenvalue weighted by Gasteiger charge is -2.49. The predicted molar refractivity (Wildman–Crippen MR) is 161 cm³/mol. The van der Waals surface area contributed by atoms with E-state index >= 15 is 0 Å². The quantitative estimate of drug-likeness (QED) is 0.447. The van der Waals surface area contributed by atoms with Crippen LogP contribution in [0.25, 0.3) is 0 Å². The molecule has 5 atom stereocenters. The number of carbonyl (C=O) groups is 1. The third-order valence-corrected chi connectivity index (χ3v) is 12.0. The van der Waals surface area contributed by atoms with Crippen LogP contribution in [0, 0.1) is 11.8 Å². The first kappa shape index (κ1) is 28.4. The summed E-state index contributed by atoms with van der Waals surface area (Å²) in [5.74, 6) is 0.533. The van der Waals surface area contributed by atoms with E-state index in [2.05, 4.69) is 21.8 Å². The van der Waals surface area contributed by atoms with Crippen LogP contribution < -0.4 is 14.4 Å². The molecule has 10 heteroatoms. The lowest BCUT2D eigenvalue weighted by atomic mass is 9.66. The molecular formula is C32H39ClN2O6S. The van der Waals surface area contributed by atoms with Crippen molar-refractivity contribution in [2.75, 3.05) is 37.0 Å². The van der Waals surface area contributed by atoms with E-state index in [1.54, 1.807) is 18.2 Å². The van der Waals surface area contributed by atoms with E-state index in [9.17, 15) is 18.3 Å². The average molecular weight is 615 g/mol. The van der Waals surface area contributed by atoms with Crippen LogP contribution in [0.4, 0.5) is 5.69 Å². The minimum atomic E-state index is -3.87. The fourth-order valence-electron chi connectivity index (χ4n) is 8.13. The normalized spacial score (nSPS) is 34.2. The Morgan fingerprint density at radius 3 is 2.79 bits per heavy atom. The number of carbonyl (C=O) groups excluding carboxylic acids is 1. The maximum Gasteiger partial charge on any atom is 0.264 e. The van der Waals surface area contributed by atoms with E-state index in [-0.39, 0.29) is 29.3 Å². The highest BCUT2D eigenvalue weighted by Gasteiger charge is 2.47. The number of aryl methyl sites for hydroxylation is 1. The van der Waals surface area contributed by atoms with Crippen LogP contribution in [-0.2, 0) is 26.6 Å². The van der Waals surface area contributed by atoms with Crippen LogP contribution in [0.1, 0.15) is 72.9 Å². The molecule has 4 bridgehead atoms. The average Bonchev–Trinajstić information content (AvgIpc) is 3.07. The van der Waals surface area contributed by atoms with E-state index in [1.807, 2.05) is 6.07 Å². The molecule has 0 aromatic heterocycles. The Balaban J connectivity index is 1.29. The highest BCUT2D eigenvalue weighted by molar-refractivity contribution is 7.90.